The Balaban J connectivity index is 1.56. The van der Waals surface area contributed by atoms with E-state index in [-0.39, 0.29) is 5.91 Å². The van der Waals surface area contributed by atoms with Crippen LogP contribution in [0.1, 0.15) is 23.2 Å². The number of ether oxygens (including phenoxy) is 1. The summed E-state index contributed by atoms with van der Waals surface area (Å²) in [6.45, 7) is 2.22. The van der Waals surface area contributed by atoms with E-state index >= 15 is 0 Å². The maximum atomic E-state index is 12.8. The van der Waals surface area contributed by atoms with Gasteiger partial charge < -0.3 is 15.0 Å². The van der Waals surface area contributed by atoms with E-state index in [0.29, 0.717) is 11.3 Å². The summed E-state index contributed by atoms with van der Waals surface area (Å²) in [5, 5.41) is 5.05. The van der Waals surface area contributed by atoms with Crippen molar-refractivity contribution in [2.24, 2.45) is 0 Å². The van der Waals surface area contributed by atoms with Gasteiger partial charge >= 0.3 is 0 Å². The minimum atomic E-state index is -0.165. The largest absolute Gasteiger partial charge is 0.496 e. The minimum absolute atomic E-state index is 0.165. The number of carbonyl (C=O) groups is 1. The second kappa shape index (κ2) is 7.08. The summed E-state index contributed by atoms with van der Waals surface area (Å²) < 4.78 is 5.43. The molecule has 0 atom stereocenters. The third kappa shape index (κ3) is 3.23. The molecule has 1 heterocycles. The number of anilines is 2. The average molecular weight is 346 g/mol. The van der Waals surface area contributed by atoms with Gasteiger partial charge in [-0.05, 0) is 60.0 Å². The zero-order chi connectivity index (χ0) is 17.9. The first-order valence-corrected chi connectivity index (χ1v) is 8.98. The lowest BCUT2D eigenvalue weighted by atomic mass is 10.1. The molecule has 0 bridgehead atoms. The fourth-order valence-corrected chi connectivity index (χ4v) is 3.50. The summed E-state index contributed by atoms with van der Waals surface area (Å²) >= 11 is 0. The van der Waals surface area contributed by atoms with Gasteiger partial charge in [0, 0.05) is 24.5 Å². The van der Waals surface area contributed by atoms with Crippen LogP contribution in [0.15, 0.2) is 60.7 Å². The van der Waals surface area contributed by atoms with Crippen molar-refractivity contribution in [2.75, 3.05) is 30.4 Å². The zero-order valence-electron chi connectivity index (χ0n) is 14.9. The lowest BCUT2D eigenvalue weighted by molar-refractivity contribution is 0.102. The molecule has 1 aliphatic rings. The molecule has 4 heteroatoms. The van der Waals surface area contributed by atoms with Crippen LogP contribution in [0.25, 0.3) is 10.8 Å². The first-order valence-electron chi connectivity index (χ1n) is 8.98. The Bertz CT molecular complexity index is 929. The van der Waals surface area contributed by atoms with Crippen LogP contribution in [0.4, 0.5) is 11.4 Å². The second-order valence-corrected chi connectivity index (χ2v) is 6.59. The minimum Gasteiger partial charge on any atom is -0.496 e. The molecular formula is C22H22N2O2. The van der Waals surface area contributed by atoms with Crippen LogP contribution in [-0.4, -0.2) is 26.1 Å². The molecule has 0 spiro atoms. The molecule has 1 saturated heterocycles. The van der Waals surface area contributed by atoms with Gasteiger partial charge in [0.25, 0.3) is 5.91 Å². The molecule has 132 valence electrons. The van der Waals surface area contributed by atoms with E-state index in [9.17, 15) is 4.79 Å². The van der Waals surface area contributed by atoms with Crippen LogP contribution in [0, 0.1) is 0 Å². The van der Waals surface area contributed by atoms with Crippen LogP contribution in [-0.2, 0) is 0 Å². The van der Waals surface area contributed by atoms with Crippen LogP contribution in [0.5, 0.6) is 5.75 Å². The fourth-order valence-electron chi connectivity index (χ4n) is 3.50. The highest BCUT2D eigenvalue weighted by molar-refractivity contribution is 6.08. The standard InChI is InChI=1S/C22H22N2O2/c1-26-21-15-17-7-3-2-6-16(17)14-20(21)22(25)23-18-8-10-19(11-9-18)24-12-4-5-13-24/h2-3,6-11,14-15H,4-5,12-13H2,1H3,(H,23,25). The van der Waals surface area contributed by atoms with Crippen LogP contribution in [0.3, 0.4) is 0 Å². The molecule has 1 amide bonds. The first-order chi connectivity index (χ1) is 12.7. The van der Waals surface area contributed by atoms with Gasteiger partial charge in [0.1, 0.15) is 5.75 Å². The van der Waals surface area contributed by atoms with Gasteiger partial charge in [-0.1, -0.05) is 24.3 Å². The summed E-state index contributed by atoms with van der Waals surface area (Å²) in [6, 6.07) is 19.8. The topological polar surface area (TPSA) is 41.6 Å². The molecule has 26 heavy (non-hydrogen) atoms. The predicted octanol–water partition coefficient (Wildman–Crippen LogP) is 4.70. The Labute approximate surface area is 153 Å². The highest BCUT2D eigenvalue weighted by Gasteiger charge is 2.15. The first kappa shape index (κ1) is 16.5. The third-order valence-electron chi connectivity index (χ3n) is 4.91. The summed E-state index contributed by atoms with van der Waals surface area (Å²) in [4.78, 5) is 15.2. The van der Waals surface area contributed by atoms with Gasteiger partial charge in [-0.15, -0.1) is 0 Å². The number of nitrogens with one attached hydrogen (secondary N) is 1. The van der Waals surface area contributed by atoms with E-state index in [1.165, 1.54) is 18.5 Å². The van der Waals surface area contributed by atoms with E-state index in [1.807, 2.05) is 48.5 Å². The average Bonchev–Trinajstić information content (AvgIpc) is 3.22. The molecule has 1 N–H and O–H groups in total. The Kier molecular flexibility index (Phi) is 4.48. The molecule has 0 radical (unpaired) electrons. The van der Waals surface area contributed by atoms with Crippen molar-refractivity contribution < 1.29 is 9.53 Å². The monoisotopic (exact) mass is 346 g/mol. The number of methoxy groups -OCH3 is 1. The van der Waals surface area contributed by atoms with Crippen LogP contribution < -0.4 is 15.0 Å². The maximum Gasteiger partial charge on any atom is 0.259 e. The number of fused-ring (bicyclic) bond motifs is 1. The molecule has 0 aromatic heterocycles. The predicted molar refractivity (Wildman–Crippen MR) is 106 cm³/mol. The molecule has 1 fully saturated rings. The summed E-state index contributed by atoms with van der Waals surface area (Å²) in [7, 11) is 1.59. The van der Waals surface area contributed by atoms with Crippen molar-refractivity contribution in [1.29, 1.82) is 0 Å². The maximum absolute atomic E-state index is 12.8. The summed E-state index contributed by atoms with van der Waals surface area (Å²) in [6.07, 6.45) is 2.50. The number of benzene rings is 3. The number of rotatable bonds is 4. The van der Waals surface area contributed by atoms with Crippen molar-refractivity contribution in [1.82, 2.24) is 0 Å². The van der Waals surface area contributed by atoms with Crippen LogP contribution >= 0.6 is 0 Å². The molecule has 3 aromatic rings. The fraction of sp³-hybridized carbons (Fsp3) is 0.227. The lowest BCUT2D eigenvalue weighted by Crippen LogP contribution is -2.17. The van der Waals surface area contributed by atoms with E-state index < -0.39 is 0 Å². The van der Waals surface area contributed by atoms with E-state index in [2.05, 4.69) is 22.3 Å². The molecule has 3 aromatic carbocycles. The highest BCUT2D eigenvalue weighted by Crippen LogP contribution is 2.27. The van der Waals surface area contributed by atoms with Gasteiger partial charge in [0.05, 0.1) is 12.7 Å². The normalized spacial score (nSPS) is 13.8. The molecule has 1 aliphatic heterocycles. The Morgan fingerprint density at radius 1 is 0.962 bits per heavy atom. The second-order valence-electron chi connectivity index (χ2n) is 6.59. The van der Waals surface area contributed by atoms with E-state index in [4.69, 9.17) is 4.74 Å². The number of amides is 1. The number of carbonyl (C=O) groups excluding carboxylic acids is 1. The Morgan fingerprint density at radius 2 is 1.62 bits per heavy atom. The number of nitrogens with zero attached hydrogens (tertiary/aromatic N) is 1. The van der Waals surface area contributed by atoms with E-state index in [0.717, 1.165) is 29.5 Å². The van der Waals surface area contributed by atoms with Crippen molar-refractivity contribution in [3.63, 3.8) is 0 Å². The quantitative estimate of drug-likeness (QED) is 0.744. The van der Waals surface area contributed by atoms with Gasteiger partial charge in [0.15, 0.2) is 0 Å². The molecule has 0 saturated carbocycles. The third-order valence-corrected chi connectivity index (χ3v) is 4.91. The smallest absolute Gasteiger partial charge is 0.259 e. The molecule has 0 unspecified atom stereocenters. The molecule has 4 nitrogen and oxygen atoms in total. The summed E-state index contributed by atoms with van der Waals surface area (Å²) in [5.74, 6) is 0.413. The van der Waals surface area contributed by atoms with Gasteiger partial charge in [-0.3, -0.25) is 4.79 Å². The van der Waals surface area contributed by atoms with E-state index in [1.54, 1.807) is 7.11 Å². The lowest BCUT2D eigenvalue weighted by Gasteiger charge is -2.18. The Hall–Kier alpha value is -3.01. The summed E-state index contributed by atoms with van der Waals surface area (Å²) in [5.41, 5.74) is 2.53. The molecular weight excluding hydrogens is 324 g/mol. The van der Waals surface area contributed by atoms with Crippen LogP contribution in [0.2, 0.25) is 0 Å². The Morgan fingerprint density at radius 3 is 2.27 bits per heavy atom. The zero-order valence-corrected chi connectivity index (χ0v) is 14.9. The van der Waals surface area contributed by atoms with Crippen molar-refractivity contribution >= 4 is 28.1 Å². The van der Waals surface area contributed by atoms with Crippen molar-refractivity contribution in [2.45, 2.75) is 12.8 Å². The van der Waals surface area contributed by atoms with Gasteiger partial charge in [-0.2, -0.15) is 0 Å². The van der Waals surface area contributed by atoms with Gasteiger partial charge in [0.2, 0.25) is 0 Å². The number of hydrogen-bond acceptors (Lipinski definition) is 3. The SMILES string of the molecule is COc1cc2ccccc2cc1C(=O)Nc1ccc(N2CCCC2)cc1. The molecule has 0 aliphatic carbocycles. The molecule has 4 rings (SSSR count). The highest BCUT2D eigenvalue weighted by atomic mass is 16.5. The van der Waals surface area contributed by atoms with Gasteiger partial charge in [-0.25, -0.2) is 0 Å². The number of hydrogen-bond donors (Lipinski definition) is 1. The van der Waals surface area contributed by atoms with Crippen molar-refractivity contribution in [3.8, 4) is 5.75 Å². The van der Waals surface area contributed by atoms with Crippen molar-refractivity contribution in [3.05, 3.63) is 66.2 Å².